The van der Waals surface area contributed by atoms with Crippen LogP contribution in [0.3, 0.4) is 0 Å². The van der Waals surface area contributed by atoms with Crippen molar-refractivity contribution in [2.75, 3.05) is 6.54 Å². The largest absolute Gasteiger partial charge is 0.393 e. The normalized spacial score (nSPS) is 22.3. The molecule has 1 aliphatic carbocycles. The van der Waals surface area contributed by atoms with Crippen molar-refractivity contribution in [1.29, 1.82) is 0 Å². The molecule has 1 amide bonds. The van der Waals surface area contributed by atoms with Crippen molar-refractivity contribution >= 4 is 11.7 Å². The van der Waals surface area contributed by atoms with Gasteiger partial charge in [0.1, 0.15) is 0 Å². The lowest BCUT2D eigenvalue weighted by Crippen LogP contribution is -2.36. The van der Waals surface area contributed by atoms with Crippen LogP contribution in [0.2, 0.25) is 0 Å². The maximum absolute atomic E-state index is 12.0. The lowest BCUT2D eigenvalue weighted by molar-refractivity contribution is 0.0662. The van der Waals surface area contributed by atoms with E-state index in [9.17, 15) is 14.7 Å². The number of carbonyl (C=O) groups excluding carboxylic acids is 2. The molecule has 1 fully saturated rings. The summed E-state index contributed by atoms with van der Waals surface area (Å²) in [7, 11) is 0. The molecule has 0 spiro atoms. The molecule has 0 radical (unpaired) electrons. The Kier molecular flexibility index (Phi) is 4.90. The van der Waals surface area contributed by atoms with Gasteiger partial charge in [0.2, 0.25) is 0 Å². The fourth-order valence-electron chi connectivity index (χ4n) is 2.61. The van der Waals surface area contributed by atoms with Gasteiger partial charge in [-0.05, 0) is 31.9 Å². The predicted octanol–water partition coefficient (Wildman–Crippen LogP) is 2.17. The molecule has 108 valence electrons. The maximum Gasteiger partial charge on any atom is 0.251 e. The van der Waals surface area contributed by atoms with Gasteiger partial charge in [0, 0.05) is 23.6 Å². The Morgan fingerprint density at radius 1 is 1.15 bits per heavy atom. The lowest BCUT2D eigenvalue weighted by Gasteiger charge is -2.27. The molecule has 2 N–H and O–H groups in total. The third kappa shape index (κ3) is 3.67. The molecule has 1 aromatic carbocycles. The van der Waals surface area contributed by atoms with E-state index in [4.69, 9.17) is 0 Å². The smallest absolute Gasteiger partial charge is 0.251 e. The molecule has 0 heterocycles. The first kappa shape index (κ1) is 14.7. The summed E-state index contributed by atoms with van der Waals surface area (Å²) in [6, 6.07) is 6.63. The molecular formula is C16H21NO3. The quantitative estimate of drug-likeness (QED) is 0.828. The summed E-state index contributed by atoms with van der Waals surface area (Å²) in [4.78, 5) is 23.2. The van der Waals surface area contributed by atoms with Gasteiger partial charge in [-0.3, -0.25) is 9.59 Å². The molecule has 20 heavy (non-hydrogen) atoms. The molecule has 0 unspecified atom stereocenters. The number of aliphatic hydroxyl groups excluding tert-OH is 1. The van der Waals surface area contributed by atoms with Crippen LogP contribution in [0.5, 0.6) is 0 Å². The van der Waals surface area contributed by atoms with Gasteiger partial charge < -0.3 is 10.4 Å². The predicted molar refractivity (Wildman–Crippen MR) is 76.7 cm³/mol. The zero-order chi connectivity index (χ0) is 14.5. The van der Waals surface area contributed by atoms with Crippen LogP contribution in [0.1, 0.15) is 53.3 Å². The van der Waals surface area contributed by atoms with Crippen molar-refractivity contribution in [2.45, 2.75) is 38.7 Å². The zero-order valence-corrected chi connectivity index (χ0v) is 11.8. The fraction of sp³-hybridized carbons (Fsp3) is 0.500. The highest BCUT2D eigenvalue weighted by Gasteiger charge is 2.23. The van der Waals surface area contributed by atoms with Crippen LogP contribution in [-0.4, -0.2) is 29.4 Å². The van der Waals surface area contributed by atoms with Crippen molar-refractivity contribution in [3.8, 4) is 0 Å². The van der Waals surface area contributed by atoms with Crippen molar-refractivity contribution in [3.63, 3.8) is 0 Å². The van der Waals surface area contributed by atoms with Crippen LogP contribution in [0.15, 0.2) is 24.3 Å². The molecule has 1 aliphatic rings. The standard InChI is InChI=1S/C16H21NO3/c1-11(18)12-6-8-13(9-7-12)16(20)17-10-14-4-2-3-5-15(14)19/h6-9,14-15,19H,2-5,10H2,1H3,(H,17,20)/t14-,15-/m0/s1. The Hall–Kier alpha value is -1.68. The Bertz CT molecular complexity index is 481. The van der Waals surface area contributed by atoms with E-state index in [2.05, 4.69) is 5.32 Å². The summed E-state index contributed by atoms with van der Waals surface area (Å²) in [6.45, 7) is 2.01. The van der Waals surface area contributed by atoms with Crippen LogP contribution in [-0.2, 0) is 0 Å². The van der Waals surface area contributed by atoms with Gasteiger partial charge in [-0.1, -0.05) is 25.0 Å². The van der Waals surface area contributed by atoms with E-state index in [1.807, 2.05) is 0 Å². The molecule has 0 aliphatic heterocycles. The molecule has 0 bridgehead atoms. The number of ketones is 1. The first-order valence-corrected chi connectivity index (χ1v) is 7.15. The summed E-state index contributed by atoms with van der Waals surface area (Å²) < 4.78 is 0. The number of hydrogen-bond donors (Lipinski definition) is 2. The molecule has 2 rings (SSSR count). The van der Waals surface area contributed by atoms with Gasteiger partial charge in [-0.25, -0.2) is 0 Å². The number of rotatable bonds is 4. The van der Waals surface area contributed by atoms with Crippen molar-refractivity contribution in [2.24, 2.45) is 5.92 Å². The second-order valence-electron chi connectivity index (χ2n) is 5.46. The molecule has 0 aromatic heterocycles. The SMILES string of the molecule is CC(=O)c1ccc(C(=O)NC[C@@H]2CCCC[C@@H]2O)cc1. The summed E-state index contributed by atoms with van der Waals surface area (Å²) in [5, 5.41) is 12.7. The maximum atomic E-state index is 12.0. The molecule has 2 atom stereocenters. The summed E-state index contributed by atoms with van der Waals surface area (Å²) >= 11 is 0. The number of benzene rings is 1. The highest BCUT2D eigenvalue weighted by Crippen LogP contribution is 2.23. The summed E-state index contributed by atoms with van der Waals surface area (Å²) in [5.74, 6) is -0.00986. The van der Waals surface area contributed by atoms with Crippen LogP contribution in [0.4, 0.5) is 0 Å². The van der Waals surface area contributed by atoms with Crippen LogP contribution < -0.4 is 5.32 Å². The van der Waals surface area contributed by atoms with E-state index in [1.165, 1.54) is 6.92 Å². The summed E-state index contributed by atoms with van der Waals surface area (Å²) in [5.41, 5.74) is 1.14. The van der Waals surface area contributed by atoms with Gasteiger partial charge >= 0.3 is 0 Å². The number of carbonyl (C=O) groups is 2. The van der Waals surface area contributed by atoms with Gasteiger partial charge in [-0.15, -0.1) is 0 Å². The zero-order valence-electron chi connectivity index (χ0n) is 11.8. The van der Waals surface area contributed by atoms with Gasteiger partial charge in [0.05, 0.1) is 6.10 Å². The van der Waals surface area contributed by atoms with Gasteiger partial charge in [-0.2, -0.15) is 0 Å². The minimum Gasteiger partial charge on any atom is -0.393 e. The minimum atomic E-state index is -0.302. The van der Waals surface area contributed by atoms with E-state index in [0.29, 0.717) is 17.7 Å². The van der Waals surface area contributed by atoms with Crippen molar-refractivity contribution in [3.05, 3.63) is 35.4 Å². The average Bonchev–Trinajstić information content (AvgIpc) is 2.46. The fourth-order valence-corrected chi connectivity index (χ4v) is 2.61. The summed E-state index contributed by atoms with van der Waals surface area (Å²) in [6.07, 6.45) is 3.67. The molecule has 4 nitrogen and oxygen atoms in total. The van der Waals surface area contributed by atoms with Gasteiger partial charge in [0.15, 0.2) is 5.78 Å². The number of Topliss-reactive ketones (excluding diaryl/α,β-unsaturated/α-hetero) is 1. The van der Waals surface area contributed by atoms with Crippen molar-refractivity contribution < 1.29 is 14.7 Å². The van der Waals surface area contributed by atoms with Crippen LogP contribution >= 0.6 is 0 Å². The molecule has 4 heteroatoms. The average molecular weight is 275 g/mol. The van der Waals surface area contributed by atoms with E-state index in [-0.39, 0.29) is 23.7 Å². The van der Waals surface area contributed by atoms with Crippen LogP contribution in [0.25, 0.3) is 0 Å². The van der Waals surface area contributed by atoms with E-state index >= 15 is 0 Å². The number of nitrogens with one attached hydrogen (secondary N) is 1. The number of amides is 1. The monoisotopic (exact) mass is 275 g/mol. The Labute approximate surface area is 119 Å². The van der Waals surface area contributed by atoms with Crippen molar-refractivity contribution in [1.82, 2.24) is 5.32 Å². The van der Waals surface area contributed by atoms with E-state index < -0.39 is 0 Å². The second kappa shape index (κ2) is 6.66. The lowest BCUT2D eigenvalue weighted by atomic mass is 9.86. The number of hydrogen-bond acceptors (Lipinski definition) is 3. The third-order valence-electron chi connectivity index (χ3n) is 3.95. The first-order chi connectivity index (χ1) is 9.58. The molecule has 1 saturated carbocycles. The minimum absolute atomic E-state index is 0.0118. The Morgan fingerprint density at radius 2 is 1.75 bits per heavy atom. The van der Waals surface area contributed by atoms with E-state index in [0.717, 1.165) is 25.7 Å². The Morgan fingerprint density at radius 3 is 2.35 bits per heavy atom. The molecular weight excluding hydrogens is 254 g/mol. The molecule has 0 saturated heterocycles. The Balaban J connectivity index is 1.89. The highest BCUT2D eigenvalue weighted by molar-refractivity contribution is 5.97. The number of aliphatic hydroxyl groups is 1. The third-order valence-corrected chi connectivity index (χ3v) is 3.95. The van der Waals surface area contributed by atoms with Crippen LogP contribution in [0, 0.1) is 5.92 Å². The topological polar surface area (TPSA) is 66.4 Å². The first-order valence-electron chi connectivity index (χ1n) is 7.15. The second-order valence-corrected chi connectivity index (χ2v) is 5.46. The van der Waals surface area contributed by atoms with E-state index in [1.54, 1.807) is 24.3 Å². The highest BCUT2D eigenvalue weighted by atomic mass is 16.3. The van der Waals surface area contributed by atoms with Gasteiger partial charge in [0.25, 0.3) is 5.91 Å². The molecule has 1 aromatic rings.